The summed E-state index contributed by atoms with van der Waals surface area (Å²) < 4.78 is 42.6. The summed E-state index contributed by atoms with van der Waals surface area (Å²) in [5, 5.41) is 0. The van der Waals surface area contributed by atoms with E-state index in [1.165, 1.54) is 41.2 Å². The molecule has 1 aliphatic heterocycles. The van der Waals surface area contributed by atoms with Crippen LogP contribution in [0.25, 0.3) is 11.1 Å². The highest BCUT2D eigenvalue weighted by molar-refractivity contribution is 7.93. The minimum Gasteiger partial charge on any atom is -0.500 e. The second-order valence-corrected chi connectivity index (χ2v) is 12.5. The minimum atomic E-state index is -4.05. The van der Waals surface area contributed by atoms with Crippen molar-refractivity contribution in [1.29, 1.82) is 0 Å². The molecular formula is C34H39NO6S. The normalized spacial score (nSPS) is 15.0. The first kappa shape index (κ1) is 31.1. The number of nitrogens with zero attached hydrogens (tertiary/aromatic N) is 1. The second kappa shape index (κ2) is 14.8. The van der Waals surface area contributed by atoms with Crippen LogP contribution in [0, 0.1) is 0 Å². The molecule has 3 aromatic rings. The van der Waals surface area contributed by atoms with Crippen LogP contribution < -0.4 is 4.74 Å². The molecule has 0 aromatic heterocycles. The zero-order valence-corrected chi connectivity index (χ0v) is 24.8. The topological polar surface area (TPSA) is 82.1 Å². The first-order chi connectivity index (χ1) is 20.4. The van der Waals surface area contributed by atoms with Crippen molar-refractivity contribution < 1.29 is 27.4 Å². The Bertz CT molecular complexity index is 1430. The highest BCUT2D eigenvalue weighted by Gasteiger charge is 2.54. The molecule has 4 rings (SSSR count). The number of hydrogen-bond donors (Lipinski definition) is 0. The lowest BCUT2D eigenvalue weighted by Gasteiger charge is -2.39. The number of carbonyl (C=O) groups is 1. The van der Waals surface area contributed by atoms with Crippen LogP contribution in [0.4, 0.5) is 0 Å². The van der Waals surface area contributed by atoms with Gasteiger partial charge in [0.25, 0.3) is 0 Å². The summed E-state index contributed by atoms with van der Waals surface area (Å²) in [6.45, 7) is 9.49. The van der Waals surface area contributed by atoms with E-state index < -0.39 is 20.6 Å². The first-order valence-corrected chi connectivity index (χ1v) is 15.7. The van der Waals surface area contributed by atoms with Crippen molar-refractivity contribution in [3.8, 4) is 16.9 Å². The molecule has 222 valence electrons. The lowest BCUT2D eigenvalue weighted by molar-refractivity contribution is -0.147. The van der Waals surface area contributed by atoms with Gasteiger partial charge in [0.15, 0.2) is 14.6 Å². The van der Waals surface area contributed by atoms with Gasteiger partial charge in [-0.2, -0.15) is 0 Å². The Balaban J connectivity index is 1.37. The van der Waals surface area contributed by atoms with Crippen molar-refractivity contribution in [3.05, 3.63) is 110 Å². The van der Waals surface area contributed by atoms with E-state index in [9.17, 15) is 13.2 Å². The second-order valence-electron chi connectivity index (χ2n) is 10.3. The van der Waals surface area contributed by atoms with Crippen LogP contribution in [0.5, 0.6) is 5.75 Å². The molecule has 1 saturated heterocycles. The minimum absolute atomic E-state index is 0.0453. The Hall–Kier alpha value is -3.88. The zero-order chi connectivity index (χ0) is 29.8. The fourth-order valence-corrected chi connectivity index (χ4v) is 7.14. The van der Waals surface area contributed by atoms with Crippen LogP contribution in [-0.2, 0) is 30.5 Å². The van der Waals surface area contributed by atoms with Crippen molar-refractivity contribution in [2.45, 2.75) is 35.3 Å². The quantitative estimate of drug-likeness (QED) is 0.0950. The summed E-state index contributed by atoms with van der Waals surface area (Å²) in [5.74, 6) is -0.159. The Labute approximate surface area is 249 Å². The van der Waals surface area contributed by atoms with E-state index in [0.29, 0.717) is 38.6 Å². The van der Waals surface area contributed by atoms with E-state index in [1.807, 2.05) is 18.2 Å². The lowest BCUT2D eigenvalue weighted by Crippen LogP contribution is -2.55. The predicted molar refractivity (Wildman–Crippen MR) is 165 cm³/mol. The van der Waals surface area contributed by atoms with Gasteiger partial charge in [0.2, 0.25) is 0 Å². The van der Waals surface area contributed by atoms with E-state index in [4.69, 9.17) is 14.2 Å². The average molecular weight is 590 g/mol. The van der Waals surface area contributed by atoms with Gasteiger partial charge >= 0.3 is 5.97 Å². The van der Waals surface area contributed by atoms with E-state index in [1.54, 1.807) is 12.1 Å². The molecule has 1 aliphatic rings. The van der Waals surface area contributed by atoms with Crippen molar-refractivity contribution >= 4 is 15.8 Å². The van der Waals surface area contributed by atoms with Gasteiger partial charge in [-0.15, -0.1) is 0 Å². The van der Waals surface area contributed by atoms with Gasteiger partial charge in [0.1, 0.15) is 12.4 Å². The number of esters is 1. The molecule has 0 radical (unpaired) electrons. The van der Waals surface area contributed by atoms with Crippen LogP contribution in [0.2, 0.25) is 0 Å². The summed E-state index contributed by atoms with van der Waals surface area (Å²) in [6.07, 6.45) is 4.74. The molecule has 0 atom stereocenters. The number of rotatable bonds is 15. The highest BCUT2D eigenvalue weighted by atomic mass is 32.2. The molecule has 42 heavy (non-hydrogen) atoms. The molecule has 0 unspecified atom stereocenters. The van der Waals surface area contributed by atoms with E-state index in [0.717, 1.165) is 12.8 Å². The van der Waals surface area contributed by atoms with Crippen LogP contribution in [-0.4, -0.2) is 63.5 Å². The SMILES string of the molecule is C=CCOC(=O)C1(S(=O)(=O)c2ccc(OCCCc3cccc(-c4ccccc4)c3)cc2)CCN(CCOC=C)CC1. The van der Waals surface area contributed by atoms with Crippen molar-refractivity contribution in [1.82, 2.24) is 4.90 Å². The van der Waals surface area contributed by atoms with Gasteiger partial charge in [0.05, 0.1) is 24.4 Å². The zero-order valence-electron chi connectivity index (χ0n) is 24.0. The van der Waals surface area contributed by atoms with Crippen molar-refractivity contribution in [2.75, 3.05) is 39.5 Å². The maximum atomic E-state index is 13.9. The molecule has 0 aliphatic carbocycles. The summed E-state index contributed by atoms with van der Waals surface area (Å²) in [4.78, 5) is 15.3. The Morgan fingerprint density at radius 2 is 1.62 bits per heavy atom. The van der Waals surface area contributed by atoms with Gasteiger partial charge in [0, 0.05) is 19.6 Å². The number of piperidine rings is 1. The largest absolute Gasteiger partial charge is 0.500 e. The Kier molecular flexibility index (Phi) is 11.0. The number of carbonyl (C=O) groups excluding carboxylic acids is 1. The van der Waals surface area contributed by atoms with E-state index >= 15 is 0 Å². The Morgan fingerprint density at radius 3 is 2.31 bits per heavy atom. The molecular weight excluding hydrogens is 550 g/mol. The average Bonchev–Trinajstić information content (AvgIpc) is 3.03. The summed E-state index contributed by atoms with van der Waals surface area (Å²) in [5.41, 5.74) is 3.60. The number of aryl methyl sites for hydroxylation is 1. The molecule has 8 heteroatoms. The number of sulfone groups is 1. The summed E-state index contributed by atoms with van der Waals surface area (Å²) >= 11 is 0. The number of hydrogen-bond acceptors (Lipinski definition) is 7. The number of benzene rings is 3. The van der Waals surface area contributed by atoms with Gasteiger partial charge in [-0.3, -0.25) is 9.69 Å². The van der Waals surface area contributed by atoms with Crippen molar-refractivity contribution in [3.63, 3.8) is 0 Å². The maximum absolute atomic E-state index is 13.9. The fourth-order valence-electron chi connectivity index (χ4n) is 5.20. The third kappa shape index (κ3) is 7.49. The first-order valence-electron chi connectivity index (χ1n) is 14.2. The van der Waals surface area contributed by atoms with E-state index in [-0.39, 0.29) is 24.3 Å². The molecule has 1 heterocycles. The third-order valence-electron chi connectivity index (χ3n) is 7.57. The standard InChI is InChI=1S/C34H39NO6S/c1-3-24-41-33(36)34(19-21-35(22-20-34)23-26-39-4-2)42(37,38)32-17-15-31(16-18-32)40-25-9-11-28-10-8-14-30(27-28)29-12-6-5-7-13-29/h3-8,10,12-18,27H,1-2,9,11,19-26H2. The van der Waals surface area contributed by atoms with Gasteiger partial charge in [-0.25, -0.2) is 8.42 Å². The molecule has 1 fully saturated rings. The van der Waals surface area contributed by atoms with E-state index in [2.05, 4.69) is 54.5 Å². The molecule has 0 saturated carbocycles. The molecule has 0 bridgehead atoms. The van der Waals surface area contributed by atoms with Crippen LogP contribution in [0.3, 0.4) is 0 Å². The molecule has 0 N–H and O–H groups in total. The fraction of sp³-hybridized carbons (Fsp3) is 0.324. The number of likely N-dealkylation sites (tertiary alicyclic amines) is 1. The van der Waals surface area contributed by atoms with Crippen LogP contribution >= 0.6 is 0 Å². The lowest BCUT2D eigenvalue weighted by atomic mass is 9.95. The highest BCUT2D eigenvalue weighted by Crippen LogP contribution is 2.37. The summed E-state index contributed by atoms with van der Waals surface area (Å²) in [6, 6.07) is 25.1. The Morgan fingerprint density at radius 1 is 0.905 bits per heavy atom. The number of ether oxygens (including phenoxy) is 3. The monoisotopic (exact) mass is 589 g/mol. The van der Waals surface area contributed by atoms with Crippen molar-refractivity contribution in [2.24, 2.45) is 0 Å². The maximum Gasteiger partial charge on any atom is 0.328 e. The molecule has 7 nitrogen and oxygen atoms in total. The van der Waals surface area contributed by atoms with Crippen LogP contribution in [0.1, 0.15) is 24.8 Å². The van der Waals surface area contributed by atoms with Gasteiger partial charge in [-0.1, -0.05) is 73.8 Å². The van der Waals surface area contributed by atoms with Gasteiger partial charge < -0.3 is 14.2 Å². The summed E-state index contributed by atoms with van der Waals surface area (Å²) in [7, 11) is -4.05. The molecule has 0 spiro atoms. The molecule has 3 aromatic carbocycles. The molecule has 0 amide bonds. The predicted octanol–water partition coefficient (Wildman–Crippen LogP) is 5.86. The van der Waals surface area contributed by atoms with Crippen LogP contribution in [0.15, 0.2) is 109 Å². The van der Waals surface area contributed by atoms with Gasteiger partial charge in [-0.05, 0) is 66.6 Å². The third-order valence-corrected chi connectivity index (χ3v) is 10.1. The smallest absolute Gasteiger partial charge is 0.328 e.